The molecule has 9 nitrogen and oxygen atoms in total. The maximum atomic E-state index is 13.0. The molecule has 0 spiro atoms. The number of aliphatic hydroxyl groups is 1. The number of carbonyl (C=O) groups is 1. The molecule has 3 aromatic rings. The lowest BCUT2D eigenvalue weighted by molar-refractivity contribution is -0.384. The predicted molar refractivity (Wildman–Crippen MR) is 133 cm³/mol. The van der Waals surface area contributed by atoms with Crippen LogP contribution in [0.2, 0.25) is 0 Å². The molecule has 0 saturated carbocycles. The van der Waals surface area contributed by atoms with Crippen LogP contribution in [0.5, 0.6) is 0 Å². The molecular formula is C24H24N4O5S. The van der Waals surface area contributed by atoms with Crippen LogP contribution < -0.4 is 15.5 Å². The summed E-state index contributed by atoms with van der Waals surface area (Å²) in [6.45, 7) is 1.42. The third-order valence-corrected chi connectivity index (χ3v) is 5.81. The molecule has 34 heavy (non-hydrogen) atoms. The number of amides is 1. The normalized spacial score (nSPS) is 13.4. The highest BCUT2D eigenvalue weighted by atomic mass is 32.1. The highest BCUT2D eigenvalue weighted by molar-refractivity contribution is 7.80. The Morgan fingerprint density at radius 3 is 2.47 bits per heavy atom. The van der Waals surface area contributed by atoms with Gasteiger partial charge in [0.15, 0.2) is 5.11 Å². The van der Waals surface area contributed by atoms with Crippen molar-refractivity contribution in [2.75, 3.05) is 23.3 Å². The quantitative estimate of drug-likeness (QED) is 0.269. The Hall–Kier alpha value is -3.76. The Kier molecular flexibility index (Phi) is 7.19. The highest BCUT2D eigenvalue weighted by Gasteiger charge is 2.22. The monoisotopic (exact) mass is 480 g/mol. The maximum Gasteiger partial charge on any atom is 0.270 e. The standard InChI is InChI=1S/C24H24N4O5S/c29-15-19-9-11-22(33-19)16-4-6-17(7-5-16)25-24(34)26-23(30)20-14-18(28(31)32)8-10-21(20)27-12-2-1-3-13-27/h4-11,14,29H,1-3,12-13,15H2,(H2,25,26,30,34). The number of benzene rings is 2. The minimum absolute atomic E-state index is 0.0782. The van der Waals surface area contributed by atoms with Gasteiger partial charge in [0.05, 0.1) is 16.2 Å². The number of anilines is 2. The largest absolute Gasteiger partial charge is 0.459 e. The molecule has 1 aliphatic rings. The van der Waals surface area contributed by atoms with Gasteiger partial charge in [0, 0.05) is 36.5 Å². The first-order valence-corrected chi connectivity index (χ1v) is 11.3. The summed E-state index contributed by atoms with van der Waals surface area (Å²) < 4.78 is 5.52. The summed E-state index contributed by atoms with van der Waals surface area (Å²) in [6, 6.07) is 15.0. The fourth-order valence-corrected chi connectivity index (χ4v) is 4.11. The summed E-state index contributed by atoms with van der Waals surface area (Å²) in [5.74, 6) is 0.596. The molecule has 176 valence electrons. The van der Waals surface area contributed by atoms with Crippen molar-refractivity contribution in [3.05, 3.63) is 76.0 Å². The van der Waals surface area contributed by atoms with Gasteiger partial charge in [0.2, 0.25) is 0 Å². The zero-order valence-corrected chi connectivity index (χ0v) is 19.1. The first-order valence-electron chi connectivity index (χ1n) is 10.9. The first-order chi connectivity index (χ1) is 16.4. The smallest absolute Gasteiger partial charge is 0.270 e. The molecule has 0 aliphatic carbocycles. The minimum Gasteiger partial charge on any atom is -0.459 e. The van der Waals surface area contributed by atoms with Crippen LogP contribution >= 0.6 is 12.2 Å². The number of hydrogen-bond acceptors (Lipinski definition) is 7. The van der Waals surface area contributed by atoms with Gasteiger partial charge in [-0.2, -0.15) is 0 Å². The molecule has 0 unspecified atom stereocenters. The number of nitro groups is 1. The fourth-order valence-electron chi connectivity index (χ4n) is 3.90. The average Bonchev–Trinajstić information content (AvgIpc) is 3.34. The molecule has 10 heteroatoms. The molecule has 1 fully saturated rings. The van der Waals surface area contributed by atoms with E-state index in [1.807, 2.05) is 12.1 Å². The van der Waals surface area contributed by atoms with Crippen LogP contribution in [0.1, 0.15) is 35.4 Å². The fraction of sp³-hybridized carbons (Fsp3) is 0.250. The Morgan fingerprint density at radius 1 is 1.09 bits per heavy atom. The van der Waals surface area contributed by atoms with E-state index < -0.39 is 10.8 Å². The number of furan rings is 1. The lowest BCUT2D eigenvalue weighted by atomic mass is 10.1. The first kappa shape index (κ1) is 23.4. The van der Waals surface area contributed by atoms with Gasteiger partial charge in [-0.25, -0.2) is 0 Å². The van der Waals surface area contributed by atoms with Crippen molar-refractivity contribution in [3.8, 4) is 11.3 Å². The zero-order chi connectivity index (χ0) is 24.1. The van der Waals surface area contributed by atoms with E-state index in [2.05, 4.69) is 15.5 Å². The maximum absolute atomic E-state index is 13.0. The second-order valence-electron chi connectivity index (χ2n) is 7.92. The third kappa shape index (κ3) is 5.41. The second-order valence-corrected chi connectivity index (χ2v) is 8.32. The van der Waals surface area contributed by atoms with E-state index in [1.54, 1.807) is 30.3 Å². The third-order valence-electron chi connectivity index (χ3n) is 5.60. The number of non-ortho nitro benzene ring substituents is 1. The molecule has 2 aromatic carbocycles. The van der Waals surface area contributed by atoms with Gasteiger partial charge in [-0.15, -0.1) is 0 Å². The molecule has 0 radical (unpaired) electrons. The van der Waals surface area contributed by atoms with E-state index in [0.29, 0.717) is 22.9 Å². The second kappa shape index (κ2) is 10.4. The van der Waals surface area contributed by atoms with Crippen molar-refractivity contribution in [2.45, 2.75) is 25.9 Å². The minimum atomic E-state index is -0.516. The van der Waals surface area contributed by atoms with Gasteiger partial charge in [-0.3, -0.25) is 20.2 Å². The SMILES string of the molecule is O=C(NC(=S)Nc1ccc(-c2ccc(CO)o2)cc1)c1cc([N+](=O)[O-])ccc1N1CCCCC1. The summed E-state index contributed by atoms with van der Waals surface area (Å²) in [6.07, 6.45) is 3.14. The number of thiocarbonyl (C=S) groups is 1. The van der Waals surface area contributed by atoms with Crippen molar-refractivity contribution in [3.63, 3.8) is 0 Å². The molecule has 1 saturated heterocycles. The molecule has 3 N–H and O–H groups in total. The lowest BCUT2D eigenvalue weighted by Crippen LogP contribution is -2.36. The van der Waals surface area contributed by atoms with Crippen LogP contribution in [0.15, 0.2) is 59.0 Å². The molecule has 2 heterocycles. The molecule has 1 aliphatic heterocycles. The zero-order valence-electron chi connectivity index (χ0n) is 18.3. The van der Waals surface area contributed by atoms with Gasteiger partial charge in [0.1, 0.15) is 18.1 Å². The van der Waals surface area contributed by atoms with E-state index in [9.17, 15) is 14.9 Å². The number of hydrogen-bond donors (Lipinski definition) is 3. The van der Waals surface area contributed by atoms with E-state index in [0.717, 1.165) is 37.9 Å². The van der Waals surface area contributed by atoms with Crippen LogP contribution in [0.25, 0.3) is 11.3 Å². The molecule has 1 aromatic heterocycles. The molecule has 4 rings (SSSR count). The number of piperidine rings is 1. The van der Waals surface area contributed by atoms with Crippen LogP contribution in [-0.4, -0.2) is 34.1 Å². The van der Waals surface area contributed by atoms with E-state index >= 15 is 0 Å². The van der Waals surface area contributed by atoms with Crippen molar-refractivity contribution >= 4 is 40.3 Å². The van der Waals surface area contributed by atoms with E-state index in [1.165, 1.54) is 12.1 Å². The number of rotatable bonds is 6. The number of nitrogens with zero attached hydrogens (tertiary/aromatic N) is 2. The van der Waals surface area contributed by atoms with E-state index in [-0.39, 0.29) is 23.0 Å². The Bertz CT molecular complexity index is 1200. The van der Waals surface area contributed by atoms with Gasteiger partial charge in [0.25, 0.3) is 11.6 Å². The van der Waals surface area contributed by atoms with Crippen LogP contribution in [0.3, 0.4) is 0 Å². The Balaban J connectivity index is 1.46. The van der Waals surface area contributed by atoms with Crippen molar-refractivity contribution in [1.82, 2.24) is 5.32 Å². The lowest BCUT2D eigenvalue weighted by Gasteiger charge is -2.30. The molecule has 0 atom stereocenters. The number of aliphatic hydroxyl groups excluding tert-OH is 1. The van der Waals surface area contributed by atoms with Gasteiger partial charge in [-0.1, -0.05) is 0 Å². The summed E-state index contributed by atoms with van der Waals surface area (Å²) in [4.78, 5) is 25.9. The van der Waals surface area contributed by atoms with Crippen LogP contribution in [-0.2, 0) is 6.61 Å². The predicted octanol–water partition coefficient (Wildman–Crippen LogP) is 4.46. The summed E-state index contributed by atoms with van der Waals surface area (Å²) in [5, 5.41) is 26.1. The van der Waals surface area contributed by atoms with Crippen molar-refractivity contribution in [1.29, 1.82) is 0 Å². The van der Waals surface area contributed by atoms with Crippen molar-refractivity contribution < 1.29 is 19.2 Å². The number of nitrogens with one attached hydrogen (secondary N) is 2. The number of carbonyl (C=O) groups excluding carboxylic acids is 1. The number of nitro benzene ring substituents is 1. The summed E-state index contributed by atoms with van der Waals surface area (Å²) in [7, 11) is 0. The molecule has 1 amide bonds. The van der Waals surface area contributed by atoms with Gasteiger partial charge >= 0.3 is 0 Å². The van der Waals surface area contributed by atoms with Crippen LogP contribution in [0, 0.1) is 10.1 Å². The van der Waals surface area contributed by atoms with Crippen molar-refractivity contribution in [2.24, 2.45) is 0 Å². The summed E-state index contributed by atoms with van der Waals surface area (Å²) >= 11 is 5.30. The van der Waals surface area contributed by atoms with Gasteiger partial charge < -0.3 is 19.7 Å². The van der Waals surface area contributed by atoms with Crippen LogP contribution in [0.4, 0.5) is 17.1 Å². The summed E-state index contributed by atoms with van der Waals surface area (Å²) in [5.41, 5.74) is 2.20. The topological polar surface area (TPSA) is 121 Å². The molecular weight excluding hydrogens is 456 g/mol. The van der Waals surface area contributed by atoms with E-state index in [4.69, 9.17) is 21.7 Å². The van der Waals surface area contributed by atoms with Gasteiger partial charge in [-0.05, 0) is 73.9 Å². The molecule has 0 bridgehead atoms. The Morgan fingerprint density at radius 2 is 1.82 bits per heavy atom. The Labute approximate surface area is 201 Å². The highest BCUT2D eigenvalue weighted by Crippen LogP contribution is 2.28. The average molecular weight is 481 g/mol.